The van der Waals surface area contributed by atoms with E-state index in [9.17, 15) is 9.59 Å². The van der Waals surface area contributed by atoms with Crippen molar-refractivity contribution in [1.29, 1.82) is 0 Å². The summed E-state index contributed by atoms with van der Waals surface area (Å²) in [6.45, 7) is 2.50. The first-order valence-electron chi connectivity index (χ1n) is 3.82. The first-order valence-corrected chi connectivity index (χ1v) is 3.82. The maximum atomic E-state index is 11.0. The van der Waals surface area contributed by atoms with Crippen molar-refractivity contribution in [2.45, 2.75) is 19.8 Å². The van der Waals surface area contributed by atoms with E-state index >= 15 is 0 Å². The molecule has 62 valence electrons. The smallest absolute Gasteiger partial charge is 0.321 e. The van der Waals surface area contributed by atoms with Crippen molar-refractivity contribution in [1.82, 2.24) is 10.6 Å². The Morgan fingerprint density at radius 3 is 2.82 bits per heavy atom. The van der Waals surface area contributed by atoms with Gasteiger partial charge in [-0.1, -0.05) is 13.3 Å². The second-order valence-corrected chi connectivity index (χ2v) is 2.68. The maximum absolute atomic E-state index is 11.0. The van der Waals surface area contributed by atoms with Crippen molar-refractivity contribution in [3.63, 3.8) is 0 Å². The Morgan fingerprint density at radius 2 is 2.27 bits per heavy atom. The fraction of sp³-hybridized carbons (Fsp3) is 0.714. The molecule has 0 radical (unpaired) electrons. The zero-order valence-corrected chi connectivity index (χ0v) is 6.52. The predicted molar refractivity (Wildman–Crippen MR) is 39.9 cm³/mol. The molecule has 1 rings (SSSR count). The van der Waals surface area contributed by atoms with E-state index in [0.29, 0.717) is 6.54 Å². The molecule has 4 heteroatoms. The van der Waals surface area contributed by atoms with Crippen LogP contribution >= 0.6 is 0 Å². The Bertz CT molecular complexity index is 179. The van der Waals surface area contributed by atoms with Crippen LogP contribution in [0.25, 0.3) is 0 Å². The Hall–Kier alpha value is -1.06. The number of urea groups is 1. The summed E-state index contributed by atoms with van der Waals surface area (Å²) < 4.78 is 0. The van der Waals surface area contributed by atoms with Gasteiger partial charge < -0.3 is 5.32 Å². The lowest BCUT2D eigenvalue weighted by Gasteiger charge is -2.21. The van der Waals surface area contributed by atoms with Gasteiger partial charge in [0.15, 0.2) is 0 Å². The van der Waals surface area contributed by atoms with Crippen molar-refractivity contribution in [3.05, 3.63) is 0 Å². The normalized spacial score (nSPS) is 24.3. The highest BCUT2D eigenvalue weighted by atomic mass is 16.2. The van der Waals surface area contributed by atoms with Crippen molar-refractivity contribution >= 4 is 11.9 Å². The molecule has 0 aromatic rings. The summed E-state index contributed by atoms with van der Waals surface area (Å²) in [5.41, 5.74) is 0. The quantitative estimate of drug-likeness (QED) is 0.601. The molecule has 0 bridgehead atoms. The van der Waals surface area contributed by atoms with Crippen molar-refractivity contribution in [2.75, 3.05) is 6.54 Å². The third-order valence-corrected chi connectivity index (χ3v) is 1.75. The summed E-state index contributed by atoms with van der Waals surface area (Å²) in [4.78, 5) is 21.6. The van der Waals surface area contributed by atoms with Crippen LogP contribution in [-0.4, -0.2) is 18.5 Å². The van der Waals surface area contributed by atoms with E-state index in [4.69, 9.17) is 0 Å². The number of nitrogens with one attached hydrogen (secondary N) is 2. The summed E-state index contributed by atoms with van der Waals surface area (Å²) in [6.07, 6.45) is 1.81. The Balaban J connectivity index is 2.44. The summed E-state index contributed by atoms with van der Waals surface area (Å²) in [7, 11) is 0. The number of hydrogen-bond donors (Lipinski definition) is 2. The van der Waals surface area contributed by atoms with Crippen LogP contribution < -0.4 is 10.6 Å². The largest absolute Gasteiger partial charge is 0.337 e. The van der Waals surface area contributed by atoms with Gasteiger partial charge in [0.1, 0.15) is 0 Å². The zero-order chi connectivity index (χ0) is 8.27. The molecule has 0 aromatic heterocycles. The average molecular weight is 156 g/mol. The standard InChI is InChI=1S/C7H12N2O2/c1-2-3-5-4-8-7(11)9-6(5)10/h5H,2-4H2,1H3,(H2,8,9,10,11). The lowest BCUT2D eigenvalue weighted by atomic mass is 10.0. The number of hydrogen-bond acceptors (Lipinski definition) is 2. The third kappa shape index (κ3) is 1.93. The van der Waals surface area contributed by atoms with E-state index < -0.39 is 0 Å². The molecule has 0 saturated carbocycles. The molecule has 2 N–H and O–H groups in total. The van der Waals surface area contributed by atoms with Crippen LogP contribution in [0.3, 0.4) is 0 Å². The van der Waals surface area contributed by atoms with Gasteiger partial charge in [-0.15, -0.1) is 0 Å². The Labute approximate surface area is 65.3 Å². The van der Waals surface area contributed by atoms with Gasteiger partial charge in [0, 0.05) is 6.54 Å². The van der Waals surface area contributed by atoms with Gasteiger partial charge in [-0.3, -0.25) is 10.1 Å². The van der Waals surface area contributed by atoms with Crippen LogP contribution in [0.2, 0.25) is 0 Å². The van der Waals surface area contributed by atoms with E-state index in [2.05, 4.69) is 10.6 Å². The van der Waals surface area contributed by atoms with E-state index in [1.807, 2.05) is 6.92 Å². The first kappa shape index (κ1) is 8.04. The highest BCUT2D eigenvalue weighted by Crippen LogP contribution is 2.07. The molecule has 1 atom stereocenters. The Morgan fingerprint density at radius 1 is 1.55 bits per heavy atom. The number of imide groups is 1. The van der Waals surface area contributed by atoms with Crippen LogP contribution in [0.1, 0.15) is 19.8 Å². The number of carbonyl (C=O) groups excluding carboxylic acids is 2. The van der Waals surface area contributed by atoms with E-state index in [1.165, 1.54) is 0 Å². The summed E-state index contributed by atoms with van der Waals surface area (Å²) in [5, 5.41) is 4.80. The lowest BCUT2D eigenvalue weighted by molar-refractivity contribution is -0.124. The Kier molecular flexibility index (Phi) is 2.46. The zero-order valence-electron chi connectivity index (χ0n) is 6.52. The summed E-state index contributed by atoms with van der Waals surface area (Å²) >= 11 is 0. The van der Waals surface area contributed by atoms with Crippen LogP contribution in [0, 0.1) is 5.92 Å². The first-order chi connectivity index (χ1) is 5.24. The van der Waals surface area contributed by atoms with Gasteiger partial charge in [-0.2, -0.15) is 0 Å². The van der Waals surface area contributed by atoms with Gasteiger partial charge in [-0.25, -0.2) is 4.79 Å². The predicted octanol–water partition coefficient (Wildman–Crippen LogP) is 0.242. The second kappa shape index (κ2) is 3.37. The van der Waals surface area contributed by atoms with E-state index in [-0.39, 0.29) is 17.9 Å². The van der Waals surface area contributed by atoms with Crippen molar-refractivity contribution in [3.8, 4) is 0 Å². The van der Waals surface area contributed by atoms with Gasteiger partial charge in [0.2, 0.25) is 5.91 Å². The lowest BCUT2D eigenvalue weighted by Crippen LogP contribution is -2.52. The topological polar surface area (TPSA) is 58.2 Å². The average Bonchev–Trinajstić information content (AvgIpc) is 1.95. The number of rotatable bonds is 2. The summed E-state index contributed by atoms with van der Waals surface area (Å²) in [5.74, 6) is -0.173. The molecular formula is C7H12N2O2. The van der Waals surface area contributed by atoms with E-state index in [0.717, 1.165) is 12.8 Å². The van der Waals surface area contributed by atoms with Gasteiger partial charge in [-0.05, 0) is 6.42 Å². The molecule has 1 fully saturated rings. The van der Waals surface area contributed by atoms with Crippen LogP contribution in [0.4, 0.5) is 4.79 Å². The minimum absolute atomic E-state index is 0.0299. The third-order valence-electron chi connectivity index (χ3n) is 1.75. The fourth-order valence-electron chi connectivity index (χ4n) is 1.15. The molecule has 11 heavy (non-hydrogen) atoms. The van der Waals surface area contributed by atoms with E-state index in [1.54, 1.807) is 0 Å². The highest BCUT2D eigenvalue weighted by Gasteiger charge is 2.24. The molecule has 1 saturated heterocycles. The van der Waals surface area contributed by atoms with Crippen LogP contribution in [-0.2, 0) is 4.79 Å². The minimum Gasteiger partial charge on any atom is -0.337 e. The number of carbonyl (C=O) groups is 2. The van der Waals surface area contributed by atoms with Crippen molar-refractivity contribution < 1.29 is 9.59 Å². The molecule has 4 nitrogen and oxygen atoms in total. The highest BCUT2D eigenvalue weighted by molar-refractivity contribution is 5.97. The molecule has 0 aliphatic carbocycles. The summed E-state index contributed by atoms with van der Waals surface area (Å²) in [6, 6.07) is -0.373. The van der Waals surface area contributed by atoms with Gasteiger partial charge in [0.25, 0.3) is 0 Å². The van der Waals surface area contributed by atoms with Crippen LogP contribution in [0.5, 0.6) is 0 Å². The molecule has 0 spiro atoms. The maximum Gasteiger partial charge on any atom is 0.321 e. The fourth-order valence-corrected chi connectivity index (χ4v) is 1.15. The molecule has 1 aliphatic rings. The molecule has 1 unspecified atom stereocenters. The molecular weight excluding hydrogens is 144 g/mol. The number of amides is 3. The van der Waals surface area contributed by atoms with Crippen molar-refractivity contribution in [2.24, 2.45) is 5.92 Å². The van der Waals surface area contributed by atoms with Gasteiger partial charge in [0.05, 0.1) is 5.92 Å². The molecule has 0 aromatic carbocycles. The minimum atomic E-state index is -0.373. The second-order valence-electron chi connectivity index (χ2n) is 2.68. The van der Waals surface area contributed by atoms with Gasteiger partial charge >= 0.3 is 6.03 Å². The molecule has 1 heterocycles. The SMILES string of the molecule is CCCC1CNC(=O)NC1=O. The molecule has 3 amide bonds. The monoisotopic (exact) mass is 156 g/mol. The van der Waals surface area contributed by atoms with Crippen LogP contribution in [0.15, 0.2) is 0 Å². The molecule has 1 aliphatic heterocycles.